The Morgan fingerprint density at radius 3 is 2.39 bits per heavy atom. The lowest BCUT2D eigenvalue weighted by molar-refractivity contribution is 0.102. The number of ketones is 1. The lowest BCUT2D eigenvalue weighted by atomic mass is 10.0. The minimum atomic E-state index is 0.0630. The van der Waals surface area contributed by atoms with Crippen molar-refractivity contribution in [2.45, 2.75) is 19.3 Å². The molecule has 0 unspecified atom stereocenters. The molecule has 18 heavy (non-hydrogen) atoms. The highest BCUT2D eigenvalue weighted by Crippen LogP contribution is 2.15. The summed E-state index contributed by atoms with van der Waals surface area (Å²) in [4.78, 5) is 14.5. The molecule has 2 nitrogen and oxygen atoms in total. The van der Waals surface area contributed by atoms with E-state index in [1.54, 1.807) is 0 Å². The van der Waals surface area contributed by atoms with Crippen molar-refractivity contribution >= 4 is 21.7 Å². The van der Waals surface area contributed by atoms with Crippen molar-refractivity contribution in [1.82, 2.24) is 4.90 Å². The Hall–Kier alpha value is -0.930. The van der Waals surface area contributed by atoms with Crippen LogP contribution in [0, 0.1) is 0 Å². The summed E-state index contributed by atoms with van der Waals surface area (Å²) in [7, 11) is 0. The summed E-state index contributed by atoms with van der Waals surface area (Å²) in [6.07, 6.45) is 3.78. The van der Waals surface area contributed by atoms with Gasteiger partial charge in [-0.25, -0.2) is 0 Å². The van der Waals surface area contributed by atoms with Gasteiger partial charge in [0.25, 0.3) is 0 Å². The van der Waals surface area contributed by atoms with Gasteiger partial charge in [-0.2, -0.15) is 0 Å². The van der Waals surface area contributed by atoms with E-state index in [1.165, 1.54) is 19.3 Å². The number of carbonyl (C=O) groups is 1. The molecule has 3 heteroatoms. The topological polar surface area (TPSA) is 20.3 Å². The molecule has 0 spiro atoms. The number of rotatable bonds is 4. The standard InChI is InChI=1S/C15H18BrNO/c1-12(11-17-9-3-2-4-10-17)15(18)13-5-7-14(16)8-6-13/h5-8H,1-4,9-11H2. The zero-order valence-electron chi connectivity index (χ0n) is 10.5. The summed E-state index contributed by atoms with van der Waals surface area (Å²) in [6, 6.07) is 7.46. The van der Waals surface area contributed by atoms with Crippen molar-refractivity contribution in [3.05, 3.63) is 46.5 Å². The normalized spacial score (nSPS) is 16.5. The first-order valence-corrected chi connectivity index (χ1v) is 7.16. The third kappa shape index (κ3) is 3.53. The largest absolute Gasteiger partial charge is 0.299 e. The number of carbonyl (C=O) groups excluding carboxylic acids is 1. The van der Waals surface area contributed by atoms with Crippen molar-refractivity contribution < 1.29 is 4.79 Å². The van der Waals surface area contributed by atoms with Crippen LogP contribution >= 0.6 is 15.9 Å². The molecule has 0 bridgehead atoms. The van der Waals surface area contributed by atoms with E-state index in [2.05, 4.69) is 27.4 Å². The Bertz CT molecular complexity index is 432. The average molecular weight is 308 g/mol. The van der Waals surface area contributed by atoms with Crippen LogP contribution in [0.1, 0.15) is 29.6 Å². The lowest BCUT2D eigenvalue weighted by Crippen LogP contribution is -2.32. The molecule has 0 amide bonds. The minimum Gasteiger partial charge on any atom is -0.299 e. The lowest BCUT2D eigenvalue weighted by Gasteiger charge is -2.26. The Morgan fingerprint density at radius 2 is 1.78 bits per heavy atom. The van der Waals surface area contributed by atoms with Gasteiger partial charge in [0.2, 0.25) is 0 Å². The highest BCUT2D eigenvalue weighted by atomic mass is 79.9. The van der Waals surface area contributed by atoms with E-state index in [0.717, 1.165) is 23.1 Å². The maximum Gasteiger partial charge on any atom is 0.189 e. The van der Waals surface area contributed by atoms with E-state index in [0.29, 0.717) is 12.1 Å². The van der Waals surface area contributed by atoms with Crippen molar-refractivity contribution in [2.75, 3.05) is 19.6 Å². The van der Waals surface area contributed by atoms with Crippen LogP contribution in [0.5, 0.6) is 0 Å². The molecule has 96 valence electrons. The molecule has 0 aliphatic carbocycles. The summed E-state index contributed by atoms with van der Waals surface area (Å²) in [5.74, 6) is 0.0630. The van der Waals surface area contributed by atoms with Crippen LogP contribution < -0.4 is 0 Å². The van der Waals surface area contributed by atoms with Crippen LogP contribution in [-0.4, -0.2) is 30.3 Å². The van der Waals surface area contributed by atoms with Crippen molar-refractivity contribution in [1.29, 1.82) is 0 Å². The Morgan fingerprint density at radius 1 is 1.17 bits per heavy atom. The maximum absolute atomic E-state index is 12.2. The number of piperidine rings is 1. The van der Waals surface area contributed by atoms with Crippen molar-refractivity contribution in [3.63, 3.8) is 0 Å². The van der Waals surface area contributed by atoms with E-state index in [1.807, 2.05) is 24.3 Å². The van der Waals surface area contributed by atoms with E-state index < -0.39 is 0 Å². The molecule has 1 aromatic rings. The first-order valence-electron chi connectivity index (χ1n) is 6.37. The van der Waals surface area contributed by atoms with Gasteiger partial charge in [0.1, 0.15) is 0 Å². The number of hydrogen-bond acceptors (Lipinski definition) is 2. The molecular weight excluding hydrogens is 290 g/mol. The molecule has 0 saturated carbocycles. The van der Waals surface area contributed by atoms with Crippen LogP contribution in [0.15, 0.2) is 40.9 Å². The number of nitrogens with zero attached hydrogens (tertiary/aromatic N) is 1. The first kappa shape index (κ1) is 13.5. The molecule has 1 saturated heterocycles. The van der Waals surface area contributed by atoms with Crippen LogP contribution in [-0.2, 0) is 0 Å². The number of Topliss-reactive ketones (excluding diaryl/α,β-unsaturated/α-hetero) is 1. The minimum absolute atomic E-state index is 0.0630. The van der Waals surface area contributed by atoms with Crippen LogP contribution in [0.4, 0.5) is 0 Å². The maximum atomic E-state index is 12.2. The first-order chi connectivity index (χ1) is 8.66. The molecule has 1 fully saturated rings. The molecule has 1 aliphatic rings. The fourth-order valence-corrected chi connectivity index (χ4v) is 2.53. The Labute approximate surface area is 117 Å². The average Bonchev–Trinajstić information content (AvgIpc) is 2.40. The number of likely N-dealkylation sites (tertiary alicyclic amines) is 1. The SMILES string of the molecule is C=C(CN1CCCCC1)C(=O)c1ccc(Br)cc1. The molecule has 0 radical (unpaired) electrons. The number of benzene rings is 1. The van der Waals surface area contributed by atoms with E-state index >= 15 is 0 Å². The van der Waals surface area contributed by atoms with Gasteiger partial charge < -0.3 is 0 Å². The van der Waals surface area contributed by atoms with E-state index in [9.17, 15) is 4.79 Å². The smallest absolute Gasteiger partial charge is 0.189 e. The zero-order chi connectivity index (χ0) is 13.0. The molecule has 2 rings (SSSR count). The number of halogens is 1. The zero-order valence-corrected chi connectivity index (χ0v) is 12.1. The van der Waals surface area contributed by atoms with Gasteiger partial charge in [-0.05, 0) is 50.2 Å². The summed E-state index contributed by atoms with van der Waals surface area (Å²) in [5, 5.41) is 0. The quantitative estimate of drug-likeness (QED) is 0.625. The van der Waals surface area contributed by atoms with Gasteiger partial charge >= 0.3 is 0 Å². The van der Waals surface area contributed by atoms with Crippen molar-refractivity contribution in [2.24, 2.45) is 0 Å². The second-order valence-corrected chi connectivity index (χ2v) is 5.69. The monoisotopic (exact) mass is 307 g/mol. The van der Waals surface area contributed by atoms with E-state index in [-0.39, 0.29) is 5.78 Å². The van der Waals surface area contributed by atoms with Gasteiger partial charge in [-0.15, -0.1) is 0 Å². The van der Waals surface area contributed by atoms with E-state index in [4.69, 9.17) is 0 Å². The third-order valence-corrected chi connectivity index (χ3v) is 3.82. The second-order valence-electron chi connectivity index (χ2n) is 4.78. The van der Waals surface area contributed by atoms with Gasteiger partial charge in [-0.3, -0.25) is 9.69 Å². The molecular formula is C15H18BrNO. The molecule has 1 heterocycles. The highest BCUT2D eigenvalue weighted by molar-refractivity contribution is 9.10. The molecule has 0 N–H and O–H groups in total. The summed E-state index contributed by atoms with van der Waals surface area (Å²) in [5.41, 5.74) is 1.42. The second kappa shape index (κ2) is 6.30. The molecule has 1 aromatic carbocycles. The fraction of sp³-hybridized carbons (Fsp3) is 0.400. The van der Waals surface area contributed by atoms with Crippen LogP contribution in [0.2, 0.25) is 0 Å². The van der Waals surface area contributed by atoms with Crippen LogP contribution in [0.25, 0.3) is 0 Å². The molecule has 1 aliphatic heterocycles. The van der Waals surface area contributed by atoms with Crippen LogP contribution in [0.3, 0.4) is 0 Å². The fourth-order valence-electron chi connectivity index (χ4n) is 2.26. The predicted octanol–water partition coefficient (Wildman–Crippen LogP) is 3.67. The molecule has 0 aromatic heterocycles. The third-order valence-electron chi connectivity index (χ3n) is 3.29. The summed E-state index contributed by atoms with van der Waals surface area (Å²) < 4.78 is 0.987. The highest BCUT2D eigenvalue weighted by Gasteiger charge is 2.15. The van der Waals surface area contributed by atoms with Gasteiger partial charge in [0, 0.05) is 22.2 Å². The number of hydrogen-bond donors (Lipinski definition) is 0. The summed E-state index contributed by atoms with van der Waals surface area (Å²) in [6.45, 7) is 6.83. The van der Waals surface area contributed by atoms with Gasteiger partial charge in [0.05, 0.1) is 0 Å². The van der Waals surface area contributed by atoms with Gasteiger partial charge in [-0.1, -0.05) is 28.9 Å². The molecule has 0 atom stereocenters. The summed E-state index contributed by atoms with van der Waals surface area (Å²) >= 11 is 3.37. The Kier molecular flexibility index (Phi) is 4.72. The predicted molar refractivity (Wildman–Crippen MR) is 77.9 cm³/mol. The Balaban J connectivity index is 1.95. The van der Waals surface area contributed by atoms with Crippen molar-refractivity contribution in [3.8, 4) is 0 Å². The van der Waals surface area contributed by atoms with Gasteiger partial charge in [0.15, 0.2) is 5.78 Å².